The van der Waals surface area contributed by atoms with E-state index < -0.39 is 29.7 Å². The Morgan fingerprint density at radius 3 is 2.47 bits per heavy atom. The molecule has 2 unspecified atom stereocenters. The highest BCUT2D eigenvalue weighted by molar-refractivity contribution is 6.35. The Morgan fingerprint density at radius 1 is 1.15 bits per heavy atom. The summed E-state index contributed by atoms with van der Waals surface area (Å²) in [6.45, 7) is 5.87. The Balaban J connectivity index is 1.67. The van der Waals surface area contributed by atoms with Crippen molar-refractivity contribution < 1.29 is 24.0 Å². The molecule has 0 bridgehead atoms. The van der Waals surface area contributed by atoms with Crippen molar-refractivity contribution in [1.82, 2.24) is 20.1 Å². The number of primary amides is 1. The van der Waals surface area contributed by atoms with Gasteiger partial charge in [0.1, 0.15) is 17.9 Å². The third-order valence-corrected chi connectivity index (χ3v) is 6.38. The van der Waals surface area contributed by atoms with Gasteiger partial charge in [-0.15, -0.1) is 0 Å². The lowest BCUT2D eigenvalue weighted by Crippen LogP contribution is -2.57. The Labute approximate surface area is 198 Å². The zero-order chi connectivity index (χ0) is 24.8. The van der Waals surface area contributed by atoms with Gasteiger partial charge in [0.2, 0.25) is 23.5 Å². The molecule has 1 aromatic rings. The van der Waals surface area contributed by atoms with Crippen LogP contribution < -0.4 is 16.0 Å². The van der Waals surface area contributed by atoms with E-state index in [1.807, 2.05) is 19.1 Å². The molecule has 34 heavy (non-hydrogen) atoms. The number of likely N-dealkylation sites (tertiary alicyclic amines) is 1. The van der Waals surface area contributed by atoms with Crippen LogP contribution in [0.1, 0.15) is 38.2 Å². The molecule has 0 aliphatic carbocycles. The van der Waals surface area contributed by atoms with Gasteiger partial charge in [-0.05, 0) is 37.8 Å². The highest BCUT2D eigenvalue weighted by Gasteiger charge is 2.36. The quantitative estimate of drug-likeness (QED) is 0.479. The molecule has 2 atom stereocenters. The lowest BCUT2D eigenvalue weighted by molar-refractivity contribution is -0.141. The van der Waals surface area contributed by atoms with E-state index in [-0.39, 0.29) is 24.7 Å². The molecule has 2 aliphatic rings. The van der Waals surface area contributed by atoms with Gasteiger partial charge in [-0.1, -0.05) is 6.07 Å². The van der Waals surface area contributed by atoms with Crippen LogP contribution in [-0.4, -0.2) is 89.0 Å². The number of anilines is 1. The minimum absolute atomic E-state index is 0.0430. The summed E-state index contributed by atoms with van der Waals surface area (Å²) in [6.07, 6.45) is 2.65. The third kappa shape index (κ3) is 5.89. The fraction of sp³-hybridized carbons (Fsp3) is 0.565. The van der Waals surface area contributed by atoms with E-state index in [1.54, 1.807) is 11.1 Å². The Morgan fingerprint density at radius 2 is 1.85 bits per heavy atom. The second-order valence-electron chi connectivity index (χ2n) is 8.71. The first kappa shape index (κ1) is 25.1. The zero-order valence-electron chi connectivity index (χ0n) is 19.7. The van der Waals surface area contributed by atoms with E-state index in [0.717, 1.165) is 11.4 Å². The van der Waals surface area contributed by atoms with E-state index in [0.29, 0.717) is 45.6 Å². The second kappa shape index (κ2) is 11.1. The van der Waals surface area contributed by atoms with Gasteiger partial charge in [0.15, 0.2) is 0 Å². The molecule has 184 valence electrons. The fourth-order valence-electron chi connectivity index (χ4n) is 4.51. The van der Waals surface area contributed by atoms with Crippen LogP contribution in [0.4, 0.5) is 5.82 Å². The molecule has 3 rings (SSSR count). The number of piperazine rings is 1. The molecule has 4 amide bonds. The van der Waals surface area contributed by atoms with Crippen LogP contribution in [0.2, 0.25) is 0 Å². The molecule has 11 heteroatoms. The molecule has 0 radical (unpaired) electrons. The van der Waals surface area contributed by atoms with Crippen molar-refractivity contribution in [3.8, 4) is 0 Å². The summed E-state index contributed by atoms with van der Waals surface area (Å²) < 4.78 is 0. The number of carbonyl (C=O) groups is 5. The largest absolute Gasteiger partial charge is 0.363 e. The number of nitrogens with two attached hydrogens (primary N) is 1. The predicted molar refractivity (Wildman–Crippen MR) is 124 cm³/mol. The summed E-state index contributed by atoms with van der Waals surface area (Å²) in [5, 5.41) is 2.73. The maximum atomic E-state index is 13.3. The lowest BCUT2D eigenvalue weighted by Gasteiger charge is -2.37. The maximum Gasteiger partial charge on any atom is 0.284 e. The molecule has 3 heterocycles. The van der Waals surface area contributed by atoms with E-state index >= 15 is 0 Å². The lowest BCUT2D eigenvalue weighted by atomic mass is 10.1. The minimum atomic E-state index is -1.07. The first-order valence-electron chi connectivity index (χ1n) is 11.5. The number of nitrogens with zero attached hydrogens (tertiary/aromatic N) is 4. The van der Waals surface area contributed by atoms with E-state index in [1.165, 1.54) is 11.8 Å². The van der Waals surface area contributed by atoms with Crippen molar-refractivity contribution in [1.29, 1.82) is 0 Å². The van der Waals surface area contributed by atoms with Gasteiger partial charge in [0.05, 0.1) is 0 Å². The molecule has 1 aromatic heterocycles. The SMILES string of the molecule is CC(=O)N1CCCC1C(=O)NC(CCC(=O)C(N)=O)C(=O)N1CCN(c2ncccc2C)CC1. The first-order valence-corrected chi connectivity index (χ1v) is 11.5. The average Bonchev–Trinajstić information content (AvgIpc) is 3.32. The monoisotopic (exact) mass is 472 g/mol. The Hall–Kier alpha value is -3.50. The summed E-state index contributed by atoms with van der Waals surface area (Å²) in [4.78, 5) is 70.7. The maximum absolute atomic E-state index is 13.3. The third-order valence-electron chi connectivity index (χ3n) is 6.38. The summed E-state index contributed by atoms with van der Waals surface area (Å²) in [5.74, 6) is -1.96. The van der Waals surface area contributed by atoms with Crippen LogP contribution in [0.3, 0.4) is 0 Å². The molecule has 2 saturated heterocycles. The van der Waals surface area contributed by atoms with E-state index in [9.17, 15) is 24.0 Å². The standard InChI is InChI=1S/C23H32N6O5/c1-15-5-3-9-25-21(15)27-11-13-28(14-12-27)23(34)17(7-8-19(31)20(24)32)26-22(33)18-6-4-10-29(18)16(2)30/h3,5,9,17-18H,4,6-8,10-14H2,1-2H3,(H2,24,32)(H,26,33). The number of hydrogen-bond donors (Lipinski definition) is 2. The van der Waals surface area contributed by atoms with Crippen LogP contribution >= 0.6 is 0 Å². The molecular formula is C23H32N6O5. The smallest absolute Gasteiger partial charge is 0.284 e. The number of nitrogens with one attached hydrogen (secondary N) is 1. The van der Waals surface area contributed by atoms with Gasteiger partial charge in [0.25, 0.3) is 5.91 Å². The number of rotatable bonds is 8. The topological polar surface area (TPSA) is 146 Å². The summed E-state index contributed by atoms with van der Waals surface area (Å²) in [6, 6.07) is 2.21. The Bertz CT molecular complexity index is 959. The second-order valence-corrected chi connectivity index (χ2v) is 8.71. The van der Waals surface area contributed by atoms with Crippen molar-refractivity contribution in [2.75, 3.05) is 37.6 Å². The molecule has 0 saturated carbocycles. The highest BCUT2D eigenvalue weighted by Crippen LogP contribution is 2.20. The summed E-state index contributed by atoms with van der Waals surface area (Å²) >= 11 is 0. The van der Waals surface area contributed by atoms with Gasteiger partial charge < -0.3 is 25.8 Å². The van der Waals surface area contributed by atoms with E-state index in [2.05, 4.69) is 15.2 Å². The van der Waals surface area contributed by atoms with Gasteiger partial charge in [0, 0.05) is 52.3 Å². The van der Waals surface area contributed by atoms with Gasteiger partial charge >= 0.3 is 0 Å². The number of hydrogen-bond acceptors (Lipinski definition) is 7. The number of ketones is 1. The van der Waals surface area contributed by atoms with Crippen LogP contribution in [0.25, 0.3) is 0 Å². The van der Waals surface area contributed by atoms with Crippen molar-refractivity contribution in [2.45, 2.75) is 51.6 Å². The van der Waals surface area contributed by atoms with Crippen LogP contribution in [0, 0.1) is 6.92 Å². The number of Topliss-reactive ketones (excluding diaryl/α,β-unsaturated/α-hetero) is 1. The number of aryl methyl sites for hydroxylation is 1. The zero-order valence-corrected chi connectivity index (χ0v) is 19.7. The molecular weight excluding hydrogens is 440 g/mol. The molecule has 0 spiro atoms. The fourth-order valence-corrected chi connectivity index (χ4v) is 4.51. The van der Waals surface area contributed by atoms with Crippen molar-refractivity contribution in [2.24, 2.45) is 5.73 Å². The van der Waals surface area contributed by atoms with Gasteiger partial charge in [-0.25, -0.2) is 4.98 Å². The Kier molecular flexibility index (Phi) is 8.19. The van der Waals surface area contributed by atoms with Gasteiger partial charge in [-0.2, -0.15) is 0 Å². The molecule has 2 fully saturated rings. The normalized spacial score (nSPS) is 19.0. The number of amides is 4. The number of pyridine rings is 1. The van der Waals surface area contributed by atoms with Crippen LogP contribution in [0.15, 0.2) is 18.3 Å². The van der Waals surface area contributed by atoms with Crippen molar-refractivity contribution >= 4 is 35.2 Å². The average molecular weight is 473 g/mol. The predicted octanol–water partition coefficient (Wildman–Crippen LogP) is -0.631. The molecule has 0 aromatic carbocycles. The van der Waals surface area contributed by atoms with Crippen LogP contribution in [0.5, 0.6) is 0 Å². The molecule has 2 aliphatic heterocycles. The summed E-state index contributed by atoms with van der Waals surface area (Å²) in [7, 11) is 0. The van der Waals surface area contributed by atoms with Gasteiger partial charge in [-0.3, -0.25) is 24.0 Å². The molecule has 3 N–H and O–H groups in total. The summed E-state index contributed by atoms with van der Waals surface area (Å²) in [5.41, 5.74) is 6.09. The van der Waals surface area contributed by atoms with Crippen molar-refractivity contribution in [3.63, 3.8) is 0 Å². The van der Waals surface area contributed by atoms with Crippen LogP contribution in [-0.2, 0) is 24.0 Å². The van der Waals surface area contributed by atoms with Crippen molar-refractivity contribution in [3.05, 3.63) is 23.9 Å². The number of carbonyl (C=O) groups excluding carboxylic acids is 5. The molecule has 11 nitrogen and oxygen atoms in total. The highest BCUT2D eigenvalue weighted by atomic mass is 16.2. The number of aromatic nitrogens is 1. The first-order chi connectivity index (χ1) is 16.2. The minimum Gasteiger partial charge on any atom is -0.363 e. The van der Waals surface area contributed by atoms with E-state index in [4.69, 9.17) is 5.73 Å².